The molecule has 0 unspecified atom stereocenters. The summed E-state index contributed by atoms with van der Waals surface area (Å²) < 4.78 is 39.6. The van der Waals surface area contributed by atoms with E-state index in [1.54, 1.807) is 7.05 Å². The molecule has 1 rings (SSSR count). The Morgan fingerprint density at radius 2 is 1.85 bits per heavy atom. The summed E-state index contributed by atoms with van der Waals surface area (Å²) in [4.78, 5) is 2.02. The number of sulfonamides is 1. The van der Waals surface area contributed by atoms with Crippen LogP contribution in [0.2, 0.25) is 0 Å². The fourth-order valence-electron chi connectivity index (χ4n) is 1.68. The van der Waals surface area contributed by atoms with Crippen molar-refractivity contribution in [2.45, 2.75) is 11.4 Å². The predicted octanol–water partition coefficient (Wildman–Crippen LogP) is 0.727. The van der Waals surface area contributed by atoms with Gasteiger partial charge in [0, 0.05) is 32.2 Å². The van der Waals surface area contributed by atoms with Gasteiger partial charge >= 0.3 is 0 Å². The first kappa shape index (κ1) is 17.0. The zero-order valence-corrected chi connectivity index (χ0v) is 13.2. The first-order chi connectivity index (χ1) is 9.28. The standard InChI is InChI=1S/C13H22FN3O2S/c1-15-10-11-9-12(5-6-13(11)14)20(18,19)17(4)8-7-16(2)3/h5-6,9,15H,7-8,10H2,1-4H3. The number of rotatable bonds is 7. The second-order valence-electron chi connectivity index (χ2n) is 4.91. The highest BCUT2D eigenvalue weighted by Gasteiger charge is 2.21. The van der Waals surface area contributed by atoms with Gasteiger partial charge in [-0.1, -0.05) is 0 Å². The molecule has 0 aliphatic carbocycles. The van der Waals surface area contributed by atoms with E-state index in [9.17, 15) is 12.8 Å². The Bertz CT molecular complexity index is 547. The summed E-state index contributed by atoms with van der Waals surface area (Å²) in [6, 6.07) is 3.88. The van der Waals surface area contributed by atoms with Crippen LogP contribution in [0.5, 0.6) is 0 Å². The van der Waals surface area contributed by atoms with Gasteiger partial charge in [0.05, 0.1) is 4.90 Å². The molecular weight excluding hydrogens is 281 g/mol. The second-order valence-corrected chi connectivity index (χ2v) is 6.96. The number of hydrogen-bond acceptors (Lipinski definition) is 4. The average Bonchev–Trinajstić information content (AvgIpc) is 2.38. The molecule has 0 aromatic heterocycles. The number of likely N-dealkylation sites (N-methyl/N-ethyl adjacent to an activating group) is 2. The molecule has 0 atom stereocenters. The summed E-state index contributed by atoms with van der Waals surface area (Å²) in [5.41, 5.74) is 0.342. The summed E-state index contributed by atoms with van der Waals surface area (Å²) in [6.07, 6.45) is 0. The van der Waals surface area contributed by atoms with Gasteiger partial charge in [0.25, 0.3) is 0 Å². The van der Waals surface area contributed by atoms with Crippen LogP contribution < -0.4 is 5.32 Å². The molecule has 7 heteroatoms. The van der Waals surface area contributed by atoms with Crippen molar-refractivity contribution >= 4 is 10.0 Å². The molecule has 20 heavy (non-hydrogen) atoms. The molecule has 0 saturated heterocycles. The van der Waals surface area contributed by atoms with Crippen molar-refractivity contribution in [3.63, 3.8) is 0 Å². The third-order valence-electron chi connectivity index (χ3n) is 2.95. The molecule has 0 bridgehead atoms. The highest BCUT2D eigenvalue weighted by Crippen LogP contribution is 2.18. The molecule has 0 amide bonds. The van der Waals surface area contributed by atoms with Crippen molar-refractivity contribution in [1.29, 1.82) is 0 Å². The van der Waals surface area contributed by atoms with Gasteiger partial charge in [-0.15, -0.1) is 0 Å². The first-order valence-electron chi connectivity index (χ1n) is 6.33. The Balaban J connectivity index is 3.00. The fraction of sp³-hybridized carbons (Fsp3) is 0.538. The maximum absolute atomic E-state index is 13.5. The largest absolute Gasteiger partial charge is 0.316 e. The van der Waals surface area contributed by atoms with E-state index in [0.29, 0.717) is 18.7 Å². The molecule has 0 spiro atoms. The quantitative estimate of drug-likeness (QED) is 0.807. The van der Waals surface area contributed by atoms with E-state index in [2.05, 4.69) is 5.32 Å². The average molecular weight is 303 g/mol. The lowest BCUT2D eigenvalue weighted by Gasteiger charge is -2.20. The van der Waals surface area contributed by atoms with Gasteiger partial charge in [-0.3, -0.25) is 0 Å². The van der Waals surface area contributed by atoms with Crippen molar-refractivity contribution in [2.75, 3.05) is 41.3 Å². The van der Waals surface area contributed by atoms with Gasteiger partial charge in [-0.05, 0) is 39.3 Å². The molecule has 0 radical (unpaired) electrons. The molecule has 5 nitrogen and oxygen atoms in total. The highest BCUT2D eigenvalue weighted by molar-refractivity contribution is 7.89. The third-order valence-corrected chi connectivity index (χ3v) is 4.81. The Labute approximate surface area is 120 Å². The molecule has 0 heterocycles. The first-order valence-corrected chi connectivity index (χ1v) is 7.77. The van der Waals surface area contributed by atoms with E-state index < -0.39 is 15.8 Å². The normalized spacial score (nSPS) is 12.3. The van der Waals surface area contributed by atoms with E-state index >= 15 is 0 Å². The predicted molar refractivity (Wildman–Crippen MR) is 77.5 cm³/mol. The van der Waals surface area contributed by atoms with E-state index in [0.717, 1.165) is 0 Å². The van der Waals surface area contributed by atoms with Crippen LogP contribution in [0.25, 0.3) is 0 Å². The number of hydrogen-bond donors (Lipinski definition) is 1. The van der Waals surface area contributed by atoms with E-state index in [-0.39, 0.29) is 11.4 Å². The fourth-order valence-corrected chi connectivity index (χ4v) is 2.89. The van der Waals surface area contributed by atoms with Crippen molar-refractivity contribution in [2.24, 2.45) is 0 Å². The van der Waals surface area contributed by atoms with Crippen LogP contribution in [0, 0.1) is 5.82 Å². The van der Waals surface area contributed by atoms with Gasteiger partial charge in [0.2, 0.25) is 10.0 Å². The summed E-state index contributed by atoms with van der Waals surface area (Å²) in [7, 11) is 3.39. The number of benzene rings is 1. The summed E-state index contributed by atoms with van der Waals surface area (Å²) >= 11 is 0. The lowest BCUT2D eigenvalue weighted by atomic mass is 10.2. The van der Waals surface area contributed by atoms with Crippen molar-refractivity contribution < 1.29 is 12.8 Å². The smallest absolute Gasteiger partial charge is 0.242 e. The van der Waals surface area contributed by atoms with E-state index in [1.807, 2.05) is 19.0 Å². The van der Waals surface area contributed by atoms with Crippen LogP contribution in [0.1, 0.15) is 5.56 Å². The lowest BCUT2D eigenvalue weighted by Crippen LogP contribution is -2.33. The summed E-state index contributed by atoms with van der Waals surface area (Å²) in [6.45, 7) is 1.30. The number of nitrogens with zero attached hydrogens (tertiary/aromatic N) is 2. The van der Waals surface area contributed by atoms with Crippen LogP contribution in [0.3, 0.4) is 0 Å². The molecule has 0 aliphatic heterocycles. The zero-order valence-electron chi connectivity index (χ0n) is 12.4. The van der Waals surface area contributed by atoms with Gasteiger partial charge < -0.3 is 10.2 Å². The van der Waals surface area contributed by atoms with Crippen molar-refractivity contribution in [1.82, 2.24) is 14.5 Å². The molecule has 0 aliphatic rings. The molecule has 0 fully saturated rings. The van der Waals surface area contributed by atoms with Crippen LogP contribution in [0.15, 0.2) is 23.1 Å². The highest BCUT2D eigenvalue weighted by atomic mass is 32.2. The number of nitrogens with one attached hydrogen (secondary N) is 1. The second kappa shape index (κ2) is 7.12. The molecule has 114 valence electrons. The van der Waals surface area contributed by atoms with Crippen LogP contribution in [-0.2, 0) is 16.6 Å². The van der Waals surface area contributed by atoms with Crippen LogP contribution in [-0.4, -0.2) is 58.9 Å². The molecule has 1 aromatic rings. The van der Waals surface area contributed by atoms with Crippen molar-refractivity contribution in [3.8, 4) is 0 Å². The van der Waals surface area contributed by atoms with Gasteiger partial charge in [-0.25, -0.2) is 12.8 Å². The van der Waals surface area contributed by atoms with Crippen molar-refractivity contribution in [3.05, 3.63) is 29.6 Å². The minimum absolute atomic E-state index is 0.116. The topological polar surface area (TPSA) is 52.7 Å². The number of halogens is 1. The Morgan fingerprint density at radius 3 is 2.40 bits per heavy atom. The van der Waals surface area contributed by atoms with E-state index in [4.69, 9.17) is 0 Å². The zero-order chi connectivity index (χ0) is 15.3. The maximum Gasteiger partial charge on any atom is 0.242 e. The maximum atomic E-state index is 13.5. The van der Waals surface area contributed by atoms with Crippen LogP contribution >= 0.6 is 0 Å². The monoisotopic (exact) mass is 303 g/mol. The van der Waals surface area contributed by atoms with Crippen LogP contribution in [0.4, 0.5) is 4.39 Å². The SMILES string of the molecule is CNCc1cc(S(=O)(=O)N(C)CCN(C)C)ccc1F. The van der Waals surface area contributed by atoms with E-state index in [1.165, 1.54) is 29.6 Å². The Kier molecular flexibility index (Phi) is 6.07. The molecule has 1 aromatic carbocycles. The summed E-state index contributed by atoms with van der Waals surface area (Å²) in [5.74, 6) is -0.408. The minimum Gasteiger partial charge on any atom is -0.316 e. The lowest BCUT2D eigenvalue weighted by molar-refractivity contribution is 0.358. The molecule has 1 N–H and O–H groups in total. The van der Waals surface area contributed by atoms with Gasteiger partial charge in [0.15, 0.2) is 0 Å². The van der Waals surface area contributed by atoms with Gasteiger partial charge in [-0.2, -0.15) is 4.31 Å². The molecular formula is C13H22FN3O2S. The Hall–Kier alpha value is -1.02. The third kappa shape index (κ3) is 4.24. The molecule has 0 saturated carbocycles. The Morgan fingerprint density at radius 1 is 1.20 bits per heavy atom. The minimum atomic E-state index is -3.58. The summed E-state index contributed by atoms with van der Waals surface area (Å²) in [5, 5.41) is 2.82. The van der Waals surface area contributed by atoms with Gasteiger partial charge in [0.1, 0.15) is 5.82 Å².